The van der Waals surface area contributed by atoms with Crippen molar-refractivity contribution in [2.75, 3.05) is 27.2 Å². The van der Waals surface area contributed by atoms with E-state index < -0.39 is 24.2 Å². The van der Waals surface area contributed by atoms with E-state index in [1.54, 1.807) is 31.4 Å². The molecule has 3 amide bonds. The average molecular weight is 601 g/mol. The molecule has 0 spiro atoms. The molecule has 0 radical (unpaired) electrons. The summed E-state index contributed by atoms with van der Waals surface area (Å²) in [7, 11) is 3.37. The number of likely N-dealkylation sites (N-methyl/N-ethyl adjacent to an activating group) is 1. The van der Waals surface area contributed by atoms with Crippen LogP contribution in [0.3, 0.4) is 0 Å². The monoisotopic (exact) mass is 600 g/mol. The summed E-state index contributed by atoms with van der Waals surface area (Å²) in [5.74, 6) is -0.444. The first-order chi connectivity index (χ1) is 20.5. The molecule has 0 aromatic carbocycles. The first kappa shape index (κ1) is 35.0. The Morgan fingerprint density at radius 3 is 2.23 bits per heavy atom. The van der Waals surface area contributed by atoms with Crippen LogP contribution in [0.25, 0.3) is 0 Å². The van der Waals surface area contributed by atoms with Gasteiger partial charge in [0.05, 0.1) is 24.6 Å². The van der Waals surface area contributed by atoms with Gasteiger partial charge in [-0.25, -0.2) is 0 Å². The molecule has 3 rings (SSSR count). The summed E-state index contributed by atoms with van der Waals surface area (Å²) in [6.07, 6.45) is 12.5. The quantitative estimate of drug-likeness (QED) is 0.264. The zero-order valence-electron chi connectivity index (χ0n) is 26.9. The Labute approximate surface area is 258 Å². The number of carbonyl (C=O) groups excluding carboxylic acids is 3. The van der Waals surface area contributed by atoms with Crippen LogP contribution in [0, 0.1) is 23.7 Å². The van der Waals surface area contributed by atoms with E-state index in [1.165, 1.54) is 11.3 Å². The van der Waals surface area contributed by atoms with Gasteiger partial charge in [0.15, 0.2) is 0 Å². The lowest BCUT2D eigenvalue weighted by Gasteiger charge is -2.34. The SMILES string of the molecule is CC(C)C[C@H](O)[C@H](O)[C@H](CC1CCCCC1)NC(=O)[C@@H](CC(=O)N(CC(=O)N(C)C)CC1CCCC1)Cc1cccnc1. The molecule has 1 aromatic heterocycles. The Hall–Kier alpha value is -2.52. The summed E-state index contributed by atoms with van der Waals surface area (Å²) in [6.45, 7) is 4.51. The molecular weight excluding hydrogens is 544 g/mol. The van der Waals surface area contributed by atoms with Crippen molar-refractivity contribution in [3.8, 4) is 0 Å². The molecule has 0 aliphatic heterocycles. The zero-order chi connectivity index (χ0) is 31.4. The van der Waals surface area contributed by atoms with Gasteiger partial charge in [-0.05, 0) is 61.5 Å². The van der Waals surface area contributed by atoms with E-state index in [0.717, 1.165) is 56.9 Å². The van der Waals surface area contributed by atoms with Gasteiger partial charge in [-0.15, -0.1) is 0 Å². The second-order valence-electron chi connectivity index (χ2n) is 13.7. The Balaban J connectivity index is 1.81. The van der Waals surface area contributed by atoms with E-state index in [2.05, 4.69) is 10.3 Å². The predicted octanol–water partition coefficient (Wildman–Crippen LogP) is 3.96. The predicted molar refractivity (Wildman–Crippen MR) is 168 cm³/mol. The second kappa shape index (κ2) is 17.7. The molecule has 1 heterocycles. The fourth-order valence-electron chi connectivity index (χ4n) is 6.72. The van der Waals surface area contributed by atoms with Crippen LogP contribution in [0.15, 0.2) is 24.5 Å². The van der Waals surface area contributed by atoms with Crippen LogP contribution >= 0.6 is 0 Å². The Bertz CT molecular complexity index is 992. The minimum absolute atomic E-state index is 0.00597. The number of aromatic nitrogens is 1. The van der Waals surface area contributed by atoms with Crippen molar-refractivity contribution in [2.24, 2.45) is 23.7 Å². The Kier molecular flexibility index (Phi) is 14.4. The van der Waals surface area contributed by atoms with Crippen molar-refractivity contribution in [1.82, 2.24) is 20.1 Å². The minimum atomic E-state index is -1.10. The highest BCUT2D eigenvalue weighted by atomic mass is 16.3. The maximum absolute atomic E-state index is 14.0. The number of aliphatic hydroxyl groups excluding tert-OH is 2. The van der Waals surface area contributed by atoms with Crippen LogP contribution in [-0.4, -0.2) is 88.2 Å². The molecule has 0 unspecified atom stereocenters. The first-order valence-electron chi connectivity index (χ1n) is 16.6. The van der Waals surface area contributed by atoms with Crippen LogP contribution < -0.4 is 5.32 Å². The van der Waals surface area contributed by atoms with Crippen molar-refractivity contribution in [3.05, 3.63) is 30.1 Å². The molecule has 4 atom stereocenters. The number of nitrogens with zero attached hydrogens (tertiary/aromatic N) is 3. The molecule has 2 saturated carbocycles. The summed E-state index contributed by atoms with van der Waals surface area (Å²) in [5.41, 5.74) is 0.839. The molecule has 0 bridgehead atoms. The molecule has 242 valence electrons. The van der Waals surface area contributed by atoms with Gasteiger partial charge in [0.1, 0.15) is 6.10 Å². The van der Waals surface area contributed by atoms with E-state index in [-0.39, 0.29) is 36.6 Å². The smallest absolute Gasteiger partial charge is 0.241 e. The van der Waals surface area contributed by atoms with Crippen molar-refractivity contribution in [1.29, 1.82) is 0 Å². The van der Waals surface area contributed by atoms with Crippen molar-refractivity contribution < 1.29 is 24.6 Å². The summed E-state index contributed by atoms with van der Waals surface area (Å²) in [4.78, 5) is 47.9. The molecular formula is C34H56N4O5. The number of pyridine rings is 1. The van der Waals surface area contributed by atoms with Gasteiger partial charge in [-0.2, -0.15) is 0 Å². The summed E-state index contributed by atoms with van der Waals surface area (Å²) < 4.78 is 0. The third-order valence-corrected chi connectivity index (χ3v) is 9.29. The van der Waals surface area contributed by atoms with E-state index in [4.69, 9.17) is 0 Å². The molecule has 9 nitrogen and oxygen atoms in total. The number of hydrogen-bond donors (Lipinski definition) is 3. The fraction of sp³-hybridized carbons (Fsp3) is 0.765. The van der Waals surface area contributed by atoms with E-state index in [9.17, 15) is 24.6 Å². The molecule has 2 fully saturated rings. The highest BCUT2D eigenvalue weighted by Crippen LogP contribution is 2.30. The van der Waals surface area contributed by atoms with Crippen LogP contribution in [0.5, 0.6) is 0 Å². The molecule has 3 N–H and O–H groups in total. The van der Waals surface area contributed by atoms with Crippen molar-refractivity contribution in [3.63, 3.8) is 0 Å². The van der Waals surface area contributed by atoms with Crippen LogP contribution in [0.2, 0.25) is 0 Å². The number of hydrogen-bond acceptors (Lipinski definition) is 6. The van der Waals surface area contributed by atoms with Crippen molar-refractivity contribution in [2.45, 2.75) is 116 Å². The van der Waals surface area contributed by atoms with Gasteiger partial charge >= 0.3 is 0 Å². The maximum atomic E-state index is 14.0. The van der Waals surface area contributed by atoms with Gasteiger partial charge in [0.25, 0.3) is 0 Å². The summed E-state index contributed by atoms with van der Waals surface area (Å²) in [5, 5.41) is 25.2. The molecule has 1 aromatic rings. The molecule has 43 heavy (non-hydrogen) atoms. The zero-order valence-corrected chi connectivity index (χ0v) is 26.9. The number of amides is 3. The van der Waals surface area contributed by atoms with Crippen LogP contribution in [-0.2, 0) is 20.8 Å². The molecule has 9 heteroatoms. The Morgan fingerprint density at radius 2 is 1.63 bits per heavy atom. The maximum Gasteiger partial charge on any atom is 0.241 e. The fourth-order valence-corrected chi connectivity index (χ4v) is 6.72. The van der Waals surface area contributed by atoms with Crippen LogP contribution in [0.1, 0.15) is 96.5 Å². The normalized spacial score (nSPS) is 19.0. The number of rotatable bonds is 16. The second-order valence-corrected chi connectivity index (χ2v) is 13.7. The van der Waals surface area contributed by atoms with Crippen LogP contribution in [0.4, 0.5) is 0 Å². The lowest BCUT2D eigenvalue weighted by atomic mass is 9.82. The number of aliphatic hydroxyl groups is 2. The standard InChI is InChI=1S/C34H56N4O5/c1-24(2)17-30(39)33(42)29(19-25-11-6-5-7-12-25)36-34(43)28(18-27-15-10-16-35-21-27)20-31(40)38(23-32(41)37(3)4)22-26-13-8-9-14-26/h10,15-16,21,24-26,28-30,33,39,42H,5-9,11-14,17-20,22-23H2,1-4H3,(H,36,43)/t28-,29+,30+,33-/m1/s1. The number of carbonyl (C=O) groups is 3. The van der Waals surface area contributed by atoms with Gasteiger partial charge in [-0.3, -0.25) is 19.4 Å². The topological polar surface area (TPSA) is 123 Å². The Morgan fingerprint density at radius 1 is 0.977 bits per heavy atom. The van der Waals surface area contributed by atoms with E-state index in [1.807, 2.05) is 26.0 Å². The average Bonchev–Trinajstić information content (AvgIpc) is 3.49. The highest BCUT2D eigenvalue weighted by Gasteiger charge is 2.34. The van der Waals surface area contributed by atoms with Gasteiger partial charge in [-0.1, -0.05) is 64.9 Å². The minimum Gasteiger partial charge on any atom is -0.390 e. The lowest BCUT2D eigenvalue weighted by molar-refractivity contribution is -0.142. The molecule has 0 saturated heterocycles. The lowest BCUT2D eigenvalue weighted by Crippen LogP contribution is -2.52. The van der Waals surface area contributed by atoms with Gasteiger partial charge in [0, 0.05) is 39.5 Å². The van der Waals surface area contributed by atoms with Crippen molar-refractivity contribution >= 4 is 17.7 Å². The van der Waals surface area contributed by atoms with E-state index >= 15 is 0 Å². The van der Waals surface area contributed by atoms with Gasteiger partial charge in [0.2, 0.25) is 17.7 Å². The van der Waals surface area contributed by atoms with E-state index in [0.29, 0.717) is 37.6 Å². The summed E-state index contributed by atoms with van der Waals surface area (Å²) >= 11 is 0. The highest BCUT2D eigenvalue weighted by molar-refractivity contribution is 5.88. The third kappa shape index (κ3) is 11.8. The first-order valence-corrected chi connectivity index (χ1v) is 16.6. The third-order valence-electron chi connectivity index (χ3n) is 9.29. The molecule has 2 aliphatic carbocycles. The number of nitrogens with one attached hydrogen (secondary N) is 1. The molecule has 2 aliphatic rings. The summed E-state index contributed by atoms with van der Waals surface area (Å²) in [6, 6.07) is 3.09. The largest absolute Gasteiger partial charge is 0.390 e. The van der Waals surface area contributed by atoms with Gasteiger partial charge < -0.3 is 25.3 Å².